The molecule has 1 aromatic rings. The molecule has 0 amide bonds. The molecule has 2 unspecified atom stereocenters. The van der Waals surface area contributed by atoms with E-state index in [0.29, 0.717) is 0 Å². The minimum atomic E-state index is 0.955. The first-order chi connectivity index (χ1) is 19.7. The molecule has 0 nitrogen and oxygen atoms in total. The molecule has 0 heteroatoms. The van der Waals surface area contributed by atoms with Crippen molar-refractivity contribution >= 4 is 11.1 Å². The number of unbranched alkanes of at least 4 members (excludes halogenated alkanes) is 4. The highest BCUT2D eigenvalue weighted by atomic mass is 14.4. The van der Waals surface area contributed by atoms with E-state index in [4.69, 9.17) is 0 Å². The molecule has 4 aliphatic rings. The van der Waals surface area contributed by atoms with Gasteiger partial charge in [0.15, 0.2) is 0 Å². The van der Waals surface area contributed by atoms with E-state index in [9.17, 15) is 0 Å². The van der Waals surface area contributed by atoms with E-state index in [1.54, 1.807) is 11.1 Å². The summed E-state index contributed by atoms with van der Waals surface area (Å²) >= 11 is 0. The van der Waals surface area contributed by atoms with E-state index in [1.807, 2.05) is 0 Å². The molecule has 0 bridgehead atoms. The maximum atomic E-state index is 2.62. The van der Waals surface area contributed by atoms with Crippen LogP contribution in [0.3, 0.4) is 0 Å². The van der Waals surface area contributed by atoms with Crippen LogP contribution in [0.15, 0.2) is 36.4 Å². The van der Waals surface area contributed by atoms with Crippen LogP contribution in [0.2, 0.25) is 0 Å². The Morgan fingerprint density at radius 1 is 0.475 bits per heavy atom. The molecular formula is C40H62. The lowest BCUT2D eigenvalue weighted by atomic mass is 9.70. The van der Waals surface area contributed by atoms with Crippen molar-refractivity contribution in [3.8, 4) is 0 Å². The summed E-state index contributed by atoms with van der Waals surface area (Å²) in [5.74, 6) is 6.01. The van der Waals surface area contributed by atoms with Gasteiger partial charge in [0.05, 0.1) is 0 Å². The van der Waals surface area contributed by atoms with Crippen molar-refractivity contribution in [1.29, 1.82) is 0 Å². The lowest BCUT2D eigenvalue weighted by molar-refractivity contribution is 0.187. The molecule has 0 aromatic heterocycles. The van der Waals surface area contributed by atoms with Crippen molar-refractivity contribution in [2.24, 2.45) is 35.5 Å². The van der Waals surface area contributed by atoms with Crippen LogP contribution < -0.4 is 0 Å². The molecule has 0 N–H and O–H groups in total. The van der Waals surface area contributed by atoms with Crippen LogP contribution in [-0.2, 0) is 0 Å². The topological polar surface area (TPSA) is 0 Å². The van der Waals surface area contributed by atoms with Crippen molar-refractivity contribution in [3.63, 3.8) is 0 Å². The van der Waals surface area contributed by atoms with Gasteiger partial charge in [-0.2, -0.15) is 0 Å². The third kappa shape index (κ3) is 8.38. The summed E-state index contributed by atoms with van der Waals surface area (Å²) in [5, 5.41) is 0. The molecule has 0 spiro atoms. The van der Waals surface area contributed by atoms with Crippen LogP contribution in [0.25, 0.3) is 11.1 Å². The Balaban J connectivity index is 1.05. The average molecular weight is 543 g/mol. The highest BCUT2D eigenvalue weighted by molar-refractivity contribution is 5.71. The quantitative estimate of drug-likeness (QED) is 0.230. The van der Waals surface area contributed by atoms with Crippen LogP contribution in [0.1, 0.15) is 166 Å². The van der Waals surface area contributed by atoms with E-state index in [0.717, 1.165) is 35.5 Å². The second kappa shape index (κ2) is 15.8. The lowest BCUT2D eigenvalue weighted by Gasteiger charge is -2.36. The fourth-order valence-corrected chi connectivity index (χ4v) is 9.25. The summed E-state index contributed by atoms with van der Waals surface area (Å²) in [6, 6.07) is 9.76. The minimum absolute atomic E-state index is 0.955. The molecular weight excluding hydrogens is 480 g/mol. The normalized spacial score (nSPS) is 31.4. The van der Waals surface area contributed by atoms with Crippen molar-refractivity contribution in [2.75, 3.05) is 0 Å². The van der Waals surface area contributed by atoms with Crippen molar-refractivity contribution < 1.29 is 0 Å². The van der Waals surface area contributed by atoms with Gasteiger partial charge < -0.3 is 0 Å². The van der Waals surface area contributed by atoms with E-state index < -0.39 is 0 Å². The summed E-state index contributed by atoms with van der Waals surface area (Å²) in [6.45, 7) is 4.67. The summed E-state index contributed by atoms with van der Waals surface area (Å²) < 4.78 is 0. The van der Waals surface area contributed by atoms with E-state index in [1.165, 1.54) is 152 Å². The van der Waals surface area contributed by atoms with Crippen LogP contribution >= 0.6 is 0 Å². The Morgan fingerprint density at radius 2 is 0.875 bits per heavy atom. The smallest absolute Gasteiger partial charge is 0.0227 e. The first kappa shape index (κ1) is 30.2. The Kier molecular flexibility index (Phi) is 11.9. The second-order valence-corrected chi connectivity index (χ2v) is 14.7. The molecule has 2 fully saturated rings. The summed E-state index contributed by atoms with van der Waals surface area (Å²) in [4.78, 5) is 0. The zero-order valence-electron chi connectivity index (χ0n) is 26.5. The molecule has 2 saturated carbocycles. The van der Waals surface area contributed by atoms with Gasteiger partial charge in [-0.15, -0.1) is 0 Å². The molecule has 0 radical (unpaired) electrons. The van der Waals surface area contributed by atoms with Gasteiger partial charge in [0.25, 0.3) is 0 Å². The van der Waals surface area contributed by atoms with E-state index >= 15 is 0 Å². The monoisotopic (exact) mass is 542 g/mol. The van der Waals surface area contributed by atoms with Crippen molar-refractivity contribution in [2.45, 2.75) is 155 Å². The van der Waals surface area contributed by atoms with Crippen molar-refractivity contribution in [1.82, 2.24) is 0 Å². The summed E-state index contributed by atoms with van der Waals surface area (Å²) in [5.41, 5.74) is 6.23. The Bertz CT molecular complexity index is 838. The maximum Gasteiger partial charge on any atom is -0.0227 e. The lowest BCUT2D eigenvalue weighted by Crippen LogP contribution is -2.23. The Morgan fingerprint density at radius 3 is 1.20 bits per heavy atom. The summed E-state index contributed by atoms with van der Waals surface area (Å²) in [7, 11) is 0. The number of hydrogen-bond donors (Lipinski definition) is 0. The highest BCUT2D eigenvalue weighted by Crippen LogP contribution is 2.44. The highest BCUT2D eigenvalue weighted by Gasteiger charge is 2.30. The van der Waals surface area contributed by atoms with Crippen LogP contribution in [0.4, 0.5) is 0 Å². The zero-order valence-corrected chi connectivity index (χ0v) is 26.5. The van der Waals surface area contributed by atoms with Crippen molar-refractivity contribution in [3.05, 3.63) is 47.5 Å². The van der Waals surface area contributed by atoms with Crippen LogP contribution in [0, 0.1) is 35.5 Å². The Labute approximate surface area is 248 Å². The van der Waals surface area contributed by atoms with Gasteiger partial charge in [-0.25, -0.2) is 0 Å². The number of allylic oxidation sites excluding steroid dienone is 4. The molecule has 0 heterocycles. The molecule has 0 aliphatic heterocycles. The van der Waals surface area contributed by atoms with Gasteiger partial charge in [-0.05, 0) is 122 Å². The van der Waals surface area contributed by atoms with Gasteiger partial charge in [0, 0.05) is 0 Å². The fourth-order valence-electron chi connectivity index (χ4n) is 9.25. The molecule has 2 atom stereocenters. The number of hydrogen-bond acceptors (Lipinski definition) is 0. The predicted octanol–water partition coefficient (Wildman–Crippen LogP) is 12.8. The van der Waals surface area contributed by atoms with Gasteiger partial charge >= 0.3 is 0 Å². The first-order valence-electron chi connectivity index (χ1n) is 18.2. The third-order valence-electron chi connectivity index (χ3n) is 12.1. The second-order valence-electron chi connectivity index (χ2n) is 14.7. The molecule has 222 valence electrons. The predicted molar refractivity (Wildman–Crippen MR) is 176 cm³/mol. The average Bonchev–Trinajstić information content (AvgIpc) is 3.02. The molecule has 5 rings (SSSR count). The SMILES string of the molecule is CCCCCC1CCC(C2CC=C(c3ccc(C4=CCC(C5CCC(CCCCC)CC5)CC4)cc3)CC2)CC1. The molecule has 4 aliphatic carbocycles. The molecule has 40 heavy (non-hydrogen) atoms. The molecule has 1 aromatic carbocycles. The van der Waals surface area contributed by atoms with E-state index in [2.05, 4.69) is 50.3 Å². The van der Waals surface area contributed by atoms with Gasteiger partial charge in [-0.3, -0.25) is 0 Å². The summed E-state index contributed by atoms with van der Waals surface area (Å²) in [6.07, 6.45) is 37.0. The van der Waals surface area contributed by atoms with E-state index in [-0.39, 0.29) is 0 Å². The zero-order chi connectivity index (χ0) is 27.6. The standard InChI is InChI=1S/C40H62/c1-3-5-7-9-31-11-15-33(16-12-31)35-19-23-37(24-20-35)39-27-29-40(30-28-39)38-25-21-36(22-26-38)34-17-13-32(14-18-34)10-8-6-4-2/h23,25,27-36H,3-22,24,26H2,1-2H3. The van der Waals surface area contributed by atoms with Crippen LogP contribution in [-0.4, -0.2) is 0 Å². The largest absolute Gasteiger partial charge is 0.0804 e. The third-order valence-corrected chi connectivity index (χ3v) is 12.1. The number of rotatable bonds is 12. The molecule has 0 saturated heterocycles. The van der Waals surface area contributed by atoms with Gasteiger partial charge in [0.2, 0.25) is 0 Å². The minimum Gasteiger partial charge on any atom is -0.0804 e. The number of benzene rings is 1. The van der Waals surface area contributed by atoms with Gasteiger partial charge in [0.1, 0.15) is 0 Å². The van der Waals surface area contributed by atoms with Gasteiger partial charge in [-0.1, -0.05) is 127 Å². The van der Waals surface area contributed by atoms with Crippen LogP contribution in [0.5, 0.6) is 0 Å². The maximum absolute atomic E-state index is 2.62. The Hall–Kier alpha value is -1.30. The first-order valence-corrected chi connectivity index (χ1v) is 18.2. The fraction of sp³-hybridized carbons (Fsp3) is 0.750.